The fourth-order valence-electron chi connectivity index (χ4n) is 3.74. The SMILES string of the molecule is COc1ccccc1[C@@H]1[C@H](C(=O)O[C@@H](C)C(N)=O)CCC(=O)N1c1ccc(C)cc1. The van der Waals surface area contributed by atoms with E-state index < -0.39 is 29.9 Å². The molecule has 1 aliphatic rings. The Labute approximate surface area is 175 Å². The number of primary amides is 1. The zero-order valence-corrected chi connectivity index (χ0v) is 17.3. The molecule has 1 aliphatic heterocycles. The molecule has 158 valence electrons. The largest absolute Gasteiger partial charge is 0.496 e. The molecule has 0 aromatic heterocycles. The number of carbonyl (C=O) groups is 3. The maximum absolute atomic E-state index is 13.0. The topological polar surface area (TPSA) is 98.9 Å². The van der Waals surface area contributed by atoms with Gasteiger partial charge in [-0.05, 0) is 38.5 Å². The molecule has 0 bridgehead atoms. The first-order valence-electron chi connectivity index (χ1n) is 9.85. The number of hydrogen-bond acceptors (Lipinski definition) is 5. The fraction of sp³-hybridized carbons (Fsp3) is 0.348. The van der Waals surface area contributed by atoms with Gasteiger partial charge in [0, 0.05) is 17.7 Å². The maximum Gasteiger partial charge on any atom is 0.312 e. The van der Waals surface area contributed by atoms with Crippen molar-refractivity contribution in [2.24, 2.45) is 11.7 Å². The molecule has 0 spiro atoms. The van der Waals surface area contributed by atoms with E-state index in [1.807, 2.05) is 49.4 Å². The highest BCUT2D eigenvalue weighted by atomic mass is 16.5. The molecule has 0 saturated carbocycles. The van der Waals surface area contributed by atoms with Crippen LogP contribution in [0.15, 0.2) is 48.5 Å². The second kappa shape index (κ2) is 8.98. The third kappa shape index (κ3) is 4.30. The van der Waals surface area contributed by atoms with Gasteiger partial charge in [-0.1, -0.05) is 35.9 Å². The number of ether oxygens (including phenoxy) is 2. The van der Waals surface area contributed by atoms with Crippen LogP contribution in [0.5, 0.6) is 5.75 Å². The zero-order valence-electron chi connectivity index (χ0n) is 17.3. The van der Waals surface area contributed by atoms with Gasteiger partial charge < -0.3 is 20.1 Å². The third-order valence-corrected chi connectivity index (χ3v) is 5.36. The second-order valence-corrected chi connectivity index (χ2v) is 7.41. The van der Waals surface area contributed by atoms with Crippen molar-refractivity contribution in [1.29, 1.82) is 0 Å². The number of carbonyl (C=O) groups excluding carboxylic acids is 3. The molecular weight excluding hydrogens is 384 g/mol. The molecule has 3 rings (SSSR count). The van der Waals surface area contributed by atoms with E-state index in [4.69, 9.17) is 15.2 Å². The lowest BCUT2D eigenvalue weighted by molar-refractivity contribution is -0.159. The van der Waals surface area contributed by atoms with Crippen molar-refractivity contribution in [2.75, 3.05) is 12.0 Å². The molecule has 7 heteroatoms. The first-order chi connectivity index (χ1) is 14.3. The van der Waals surface area contributed by atoms with Crippen LogP contribution in [0.3, 0.4) is 0 Å². The molecule has 2 aromatic rings. The number of nitrogens with zero attached hydrogens (tertiary/aromatic N) is 1. The first-order valence-corrected chi connectivity index (χ1v) is 9.85. The quantitative estimate of drug-likeness (QED) is 0.738. The van der Waals surface area contributed by atoms with Crippen LogP contribution in [0.4, 0.5) is 5.69 Å². The summed E-state index contributed by atoms with van der Waals surface area (Å²) >= 11 is 0. The van der Waals surface area contributed by atoms with E-state index in [2.05, 4.69) is 0 Å². The van der Waals surface area contributed by atoms with Gasteiger partial charge in [0.25, 0.3) is 5.91 Å². The van der Waals surface area contributed by atoms with Gasteiger partial charge in [0.1, 0.15) is 5.75 Å². The molecule has 0 unspecified atom stereocenters. The van der Waals surface area contributed by atoms with E-state index in [0.29, 0.717) is 23.4 Å². The Bertz CT molecular complexity index is 941. The molecule has 2 aromatic carbocycles. The van der Waals surface area contributed by atoms with Crippen LogP contribution in [-0.2, 0) is 19.1 Å². The molecule has 30 heavy (non-hydrogen) atoms. The highest BCUT2D eigenvalue weighted by Crippen LogP contribution is 2.43. The van der Waals surface area contributed by atoms with E-state index >= 15 is 0 Å². The van der Waals surface area contributed by atoms with Crippen LogP contribution in [0.25, 0.3) is 0 Å². The lowest BCUT2D eigenvalue weighted by Gasteiger charge is -2.41. The summed E-state index contributed by atoms with van der Waals surface area (Å²) in [6.45, 7) is 3.40. The Morgan fingerprint density at radius 3 is 2.43 bits per heavy atom. The number of benzene rings is 2. The lowest BCUT2D eigenvalue weighted by atomic mass is 9.83. The van der Waals surface area contributed by atoms with Gasteiger partial charge in [-0.3, -0.25) is 14.4 Å². The predicted molar refractivity (Wildman–Crippen MR) is 112 cm³/mol. The fourth-order valence-corrected chi connectivity index (χ4v) is 3.74. The van der Waals surface area contributed by atoms with Crippen molar-refractivity contribution in [2.45, 2.75) is 38.8 Å². The summed E-state index contributed by atoms with van der Waals surface area (Å²) in [5.41, 5.74) is 7.70. The van der Waals surface area contributed by atoms with E-state index in [9.17, 15) is 14.4 Å². The summed E-state index contributed by atoms with van der Waals surface area (Å²) in [7, 11) is 1.54. The van der Waals surface area contributed by atoms with Crippen molar-refractivity contribution >= 4 is 23.5 Å². The Hall–Kier alpha value is -3.35. The number of anilines is 1. The highest BCUT2D eigenvalue weighted by Gasteiger charge is 2.44. The Balaban J connectivity index is 2.09. The molecule has 2 N–H and O–H groups in total. The average Bonchev–Trinajstić information content (AvgIpc) is 2.74. The Morgan fingerprint density at radius 2 is 1.80 bits per heavy atom. The summed E-state index contributed by atoms with van der Waals surface area (Å²) in [5.74, 6) is -1.50. The van der Waals surface area contributed by atoms with Crippen LogP contribution < -0.4 is 15.4 Å². The average molecular weight is 410 g/mol. The third-order valence-electron chi connectivity index (χ3n) is 5.36. The normalized spacial score (nSPS) is 19.8. The van der Waals surface area contributed by atoms with E-state index in [-0.39, 0.29) is 12.3 Å². The van der Waals surface area contributed by atoms with Crippen LogP contribution in [0.1, 0.15) is 36.9 Å². The Morgan fingerprint density at radius 1 is 1.13 bits per heavy atom. The van der Waals surface area contributed by atoms with E-state index in [1.54, 1.807) is 18.1 Å². The predicted octanol–water partition coefficient (Wildman–Crippen LogP) is 2.90. The van der Waals surface area contributed by atoms with Crippen molar-refractivity contribution in [3.63, 3.8) is 0 Å². The van der Waals surface area contributed by atoms with Gasteiger partial charge in [-0.15, -0.1) is 0 Å². The second-order valence-electron chi connectivity index (χ2n) is 7.41. The van der Waals surface area contributed by atoms with Crippen molar-refractivity contribution in [3.8, 4) is 5.75 Å². The number of methoxy groups -OCH3 is 1. The number of aryl methyl sites for hydroxylation is 1. The minimum atomic E-state index is -1.05. The van der Waals surface area contributed by atoms with Gasteiger partial charge >= 0.3 is 5.97 Å². The standard InChI is InChI=1S/C23H26N2O5/c1-14-8-10-16(11-9-14)25-20(26)13-12-18(23(28)30-15(2)22(24)27)21(25)17-6-4-5-7-19(17)29-3/h4-11,15,18,21H,12-13H2,1-3H3,(H2,24,27)/t15-,18+,21+/m0/s1. The van der Waals surface area contributed by atoms with Gasteiger partial charge in [0.15, 0.2) is 6.10 Å². The lowest BCUT2D eigenvalue weighted by Crippen LogP contribution is -2.47. The number of hydrogen-bond donors (Lipinski definition) is 1. The number of piperidine rings is 1. The van der Waals surface area contributed by atoms with Crippen molar-refractivity contribution < 1.29 is 23.9 Å². The van der Waals surface area contributed by atoms with Crippen molar-refractivity contribution in [3.05, 3.63) is 59.7 Å². The van der Waals surface area contributed by atoms with Gasteiger partial charge in [-0.25, -0.2) is 0 Å². The molecule has 7 nitrogen and oxygen atoms in total. The zero-order chi connectivity index (χ0) is 21.8. The molecule has 0 radical (unpaired) electrons. The smallest absolute Gasteiger partial charge is 0.312 e. The van der Waals surface area contributed by atoms with E-state index in [0.717, 1.165) is 5.56 Å². The monoisotopic (exact) mass is 410 g/mol. The number of nitrogens with two attached hydrogens (primary N) is 1. The molecule has 1 heterocycles. The molecule has 0 aliphatic carbocycles. The van der Waals surface area contributed by atoms with Crippen molar-refractivity contribution in [1.82, 2.24) is 0 Å². The molecule has 3 atom stereocenters. The molecular formula is C23H26N2O5. The van der Waals surface area contributed by atoms with Gasteiger partial charge in [0.05, 0.1) is 19.1 Å². The highest BCUT2D eigenvalue weighted by molar-refractivity contribution is 5.97. The number of esters is 1. The summed E-state index contributed by atoms with van der Waals surface area (Å²) in [6, 6.07) is 14.2. The Kier molecular flexibility index (Phi) is 6.40. The van der Waals surface area contributed by atoms with E-state index in [1.165, 1.54) is 6.92 Å². The number of amides is 2. The molecule has 1 saturated heterocycles. The van der Waals surface area contributed by atoms with Crippen LogP contribution >= 0.6 is 0 Å². The van der Waals surface area contributed by atoms with Crippen LogP contribution in [-0.4, -0.2) is 31.0 Å². The van der Waals surface area contributed by atoms with Crippen LogP contribution in [0, 0.1) is 12.8 Å². The van der Waals surface area contributed by atoms with Gasteiger partial charge in [-0.2, -0.15) is 0 Å². The number of para-hydroxylation sites is 1. The molecule has 2 amide bonds. The summed E-state index contributed by atoms with van der Waals surface area (Å²) < 4.78 is 10.8. The van der Waals surface area contributed by atoms with Gasteiger partial charge in [0.2, 0.25) is 5.91 Å². The molecule has 1 fully saturated rings. The summed E-state index contributed by atoms with van der Waals surface area (Å²) in [6.07, 6.45) is -0.570. The van der Waals surface area contributed by atoms with Crippen LogP contribution in [0.2, 0.25) is 0 Å². The number of rotatable bonds is 6. The first kappa shape index (κ1) is 21.4. The summed E-state index contributed by atoms with van der Waals surface area (Å²) in [5, 5.41) is 0. The minimum absolute atomic E-state index is 0.0956. The summed E-state index contributed by atoms with van der Waals surface area (Å²) in [4.78, 5) is 39.1. The maximum atomic E-state index is 13.0. The minimum Gasteiger partial charge on any atom is -0.496 e.